The topological polar surface area (TPSA) is 85.1 Å². The molecule has 18 heavy (non-hydrogen) atoms. The minimum absolute atomic E-state index is 0.0162. The molecule has 2 rings (SSSR count). The van der Waals surface area contributed by atoms with Gasteiger partial charge in [0, 0.05) is 12.4 Å². The summed E-state index contributed by atoms with van der Waals surface area (Å²) in [5.41, 5.74) is 5.28. The van der Waals surface area contributed by atoms with Gasteiger partial charge in [-0.25, -0.2) is 12.8 Å². The van der Waals surface area contributed by atoms with Crippen LogP contribution in [0.15, 0.2) is 47.6 Å². The molecule has 1 aromatic carbocycles. The molecule has 1 heterocycles. The number of para-hydroxylation sites is 1. The van der Waals surface area contributed by atoms with Crippen LogP contribution < -0.4 is 10.5 Å². The van der Waals surface area contributed by atoms with E-state index in [1.165, 1.54) is 36.7 Å². The number of anilines is 2. The molecule has 0 saturated carbocycles. The third kappa shape index (κ3) is 2.40. The molecule has 0 unspecified atom stereocenters. The van der Waals surface area contributed by atoms with E-state index in [0.717, 1.165) is 6.07 Å². The molecular formula is C11H10FN3O2S. The molecule has 0 atom stereocenters. The van der Waals surface area contributed by atoms with Crippen LogP contribution in [-0.2, 0) is 10.0 Å². The molecule has 7 heteroatoms. The molecule has 0 aliphatic carbocycles. The summed E-state index contributed by atoms with van der Waals surface area (Å²) < 4.78 is 39.4. The molecule has 1 aromatic heterocycles. The number of nitrogen functional groups attached to an aromatic ring is 1. The van der Waals surface area contributed by atoms with Crippen LogP contribution in [0, 0.1) is 5.82 Å². The van der Waals surface area contributed by atoms with Gasteiger partial charge in [-0.2, -0.15) is 0 Å². The summed E-state index contributed by atoms with van der Waals surface area (Å²) >= 11 is 0. The first-order chi connectivity index (χ1) is 8.50. The molecule has 94 valence electrons. The second-order valence-corrected chi connectivity index (χ2v) is 5.18. The number of rotatable bonds is 3. The van der Waals surface area contributed by atoms with Crippen molar-refractivity contribution in [1.82, 2.24) is 4.98 Å². The van der Waals surface area contributed by atoms with Gasteiger partial charge < -0.3 is 5.73 Å². The first-order valence-electron chi connectivity index (χ1n) is 4.97. The first-order valence-corrected chi connectivity index (χ1v) is 6.46. The molecule has 5 nitrogen and oxygen atoms in total. The van der Waals surface area contributed by atoms with Gasteiger partial charge >= 0.3 is 0 Å². The van der Waals surface area contributed by atoms with Crippen LogP contribution in [0.2, 0.25) is 0 Å². The highest BCUT2D eigenvalue weighted by molar-refractivity contribution is 7.92. The standard InChI is InChI=1S/C11H10FN3O2S/c12-9-4-1-5-10(13)11(9)15-18(16,17)8-3-2-6-14-7-8/h1-7,15H,13H2. The van der Waals surface area contributed by atoms with Crippen LogP contribution in [-0.4, -0.2) is 13.4 Å². The van der Waals surface area contributed by atoms with E-state index >= 15 is 0 Å². The Morgan fingerprint density at radius 1 is 1.22 bits per heavy atom. The minimum Gasteiger partial charge on any atom is -0.397 e. The van der Waals surface area contributed by atoms with E-state index in [9.17, 15) is 12.8 Å². The Labute approximate surface area is 104 Å². The third-order valence-corrected chi connectivity index (χ3v) is 3.56. The number of nitrogens with two attached hydrogens (primary N) is 1. The Hall–Kier alpha value is -2.15. The minimum atomic E-state index is -3.89. The summed E-state index contributed by atoms with van der Waals surface area (Å²) in [5, 5.41) is 0. The fourth-order valence-electron chi connectivity index (χ4n) is 1.35. The molecule has 0 amide bonds. The molecule has 0 bridgehead atoms. The molecule has 0 spiro atoms. The van der Waals surface area contributed by atoms with Crippen molar-refractivity contribution in [2.75, 3.05) is 10.5 Å². The lowest BCUT2D eigenvalue weighted by Gasteiger charge is -2.10. The van der Waals surface area contributed by atoms with E-state index in [0.29, 0.717) is 0 Å². The summed E-state index contributed by atoms with van der Waals surface area (Å²) in [6, 6.07) is 6.75. The number of sulfonamides is 1. The number of nitrogens with one attached hydrogen (secondary N) is 1. The van der Waals surface area contributed by atoms with Gasteiger partial charge in [-0.3, -0.25) is 9.71 Å². The predicted molar refractivity (Wildman–Crippen MR) is 65.9 cm³/mol. The zero-order valence-corrected chi connectivity index (χ0v) is 9.99. The Balaban J connectivity index is 2.41. The molecule has 3 N–H and O–H groups in total. The van der Waals surface area contributed by atoms with E-state index in [-0.39, 0.29) is 16.3 Å². The largest absolute Gasteiger partial charge is 0.397 e. The zero-order valence-electron chi connectivity index (χ0n) is 9.17. The zero-order chi connectivity index (χ0) is 13.2. The number of pyridine rings is 1. The van der Waals surface area contributed by atoms with E-state index in [1.807, 2.05) is 0 Å². The molecule has 0 aliphatic heterocycles. The number of aromatic nitrogens is 1. The molecule has 2 aromatic rings. The van der Waals surface area contributed by atoms with Gasteiger partial charge in [0.15, 0.2) is 0 Å². The Bertz CT molecular complexity index is 639. The van der Waals surface area contributed by atoms with E-state index in [4.69, 9.17) is 5.73 Å². The highest BCUT2D eigenvalue weighted by atomic mass is 32.2. The van der Waals surface area contributed by atoms with Crippen molar-refractivity contribution in [3.05, 3.63) is 48.5 Å². The van der Waals surface area contributed by atoms with Crippen LogP contribution in [0.3, 0.4) is 0 Å². The van der Waals surface area contributed by atoms with Crippen LogP contribution in [0.4, 0.5) is 15.8 Å². The monoisotopic (exact) mass is 267 g/mol. The Morgan fingerprint density at radius 3 is 2.61 bits per heavy atom. The van der Waals surface area contributed by atoms with Crippen molar-refractivity contribution in [1.29, 1.82) is 0 Å². The second-order valence-electron chi connectivity index (χ2n) is 3.50. The summed E-state index contributed by atoms with van der Waals surface area (Å²) in [6.45, 7) is 0. The van der Waals surface area contributed by atoms with E-state index in [1.54, 1.807) is 0 Å². The number of hydrogen-bond acceptors (Lipinski definition) is 4. The molecular weight excluding hydrogens is 257 g/mol. The van der Waals surface area contributed by atoms with Gasteiger partial charge in [-0.1, -0.05) is 6.07 Å². The predicted octanol–water partition coefficient (Wildman–Crippen LogP) is 1.60. The lowest BCUT2D eigenvalue weighted by Crippen LogP contribution is -2.15. The van der Waals surface area contributed by atoms with E-state index < -0.39 is 15.8 Å². The van der Waals surface area contributed by atoms with Crippen molar-refractivity contribution >= 4 is 21.4 Å². The maximum atomic E-state index is 13.5. The normalized spacial score (nSPS) is 11.2. The van der Waals surface area contributed by atoms with Crippen molar-refractivity contribution in [3.8, 4) is 0 Å². The molecule has 0 saturated heterocycles. The third-order valence-electron chi connectivity index (χ3n) is 2.23. The highest BCUT2D eigenvalue weighted by Crippen LogP contribution is 2.24. The van der Waals surface area contributed by atoms with Crippen molar-refractivity contribution in [3.63, 3.8) is 0 Å². The summed E-state index contributed by atoms with van der Waals surface area (Å²) in [6.07, 6.45) is 2.61. The van der Waals surface area contributed by atoms with Crippen LogP contribution in [0.5, 0.6) is 0 Å². The van der Waals surface area contributed by atoms with Crippen LogP contribution in [0.1, 0.15) is 0 Å². The fraction of sp³-hybridized carbons (Fsp3) is 0. The highest BCUT2D eigenvalue weighted by Gasteiger charge is 2.17. The summed E-state index contributed by atoms with van der Waals surface area (Å²) in [4.78, 5) is 3.63. The Morgan fingerprint density at radius 2 is 2.00 bits per heavy atom. The van der Waals surface area contributed by atoms with Gasteiger partial charge in [0.05, 0.1) is 5.69 Å². The number of hydrogen-bond donors (Lipinski definition) is 2. The fourth-order valence-corrected chi connectivity index (χ4v) is 2.41. The molecule has 0 radical (unpaired) electrons. The lowest BCUT2D eigenvalue weighted by atomic mass is 10.3. The van der Waals surface area contributed by atoms with Gasteiger partial charge in [0.2, 0.25) is 0 Å². The smallest absolute Gasteiger partial charge is 0.263 e. The maximum absolute atomic E-state index is 13.5. The van der Waals surface area contributed by atoms with Crippen LogP contribution >= 0.6 is 0 Å². The van der Waals surface area contributed by atoms with Gasteiger partial charge in [-0.05, 0) is 24.3 Å². The Kier molecular flexibility index (Phi) is 3.15. The summed E-state index contributed by atoms with van der Waals surface area (Å²) in [7, 11) is -3.89. The first kappa shape index (κ1) is 12.3. The quantitative estimate of drug-likeness (QED) is 0.827. The van der Waals surface area contributed by atoms with Crippen molar-refractivity contribution in [2.45, 2.75) is 4.90 Å². The number of nitrogens with zero attached hydrogens (tertiary/aromatic N) is 1. The van der Waals surface area contributed by atoms with Crippen LogP contribution in [0.25, 0.3) is 0 Å². The molecule has 0 aliphatic rings. The second kappa shape index (κ2) is 4.61. The van der Waals surface area contributed by atoms with Crippen molar-refractivity contribution in [2.24, 2.45) is 0 Å². The summed E-state index contributed by atoms with van der Waals surface area (Å²) in [5.74, 6) is -0.734. The average molecular weight is 267 g/mol. The SMILES string of the molecule is Nc1cccc(F)c1NS(=O)(=O)c1cccnc1. The maximum Gasteiger partial charge on any atom is 0.263 e. The lowest BCUT2D eigenvalue weighted by molar-refractivity contribution is 0.598. The van der Waals surface area contributed by atoms with Gasteiger partial charge in [0.1, 0.15) is 16.4 Å². The average Bonchev–Trinajstić information content (AvgIpc) is 2.35. The van der Waals surface area contributed by atoms with Gasteiger partial charge in [-0.15, -0.1) is 0 Å². The van der Waals surface area contributed by atoms with Crippen molar-refractivity contribution < 1.29 is 12.8 Å². The van der Waals surface area contributed by atoms with E-state index in [2.05, 4.69) is 9.71 Å². The number of benzene rings is 1. The number of halogens is 1. The molecule has 0 fully saturated rings. The van der Waals surface area contributed by atoms with Gasteiger partial charge in [0.25, 0.3) is 10.0 Å².